The Labute approximate surface area is 209 Å². The summed E-state index contributed by atoms with van der Waals surface area (Å²) in [5, 5.41) is 10.3. The second-order valence-corrected chi connectivity index (χ2v) is 7.86. The van der Waals surface area contributed by atoms with Crippen molar-refractivity contribution < 1.29 is 19.1 Å². The van der Waals surface area contributed by atoms with Gasteiger partial charge in [0.25, 0.3) is 0 Å². The fraction of sp³-hybridized carbons (Fsp3) is 0.107. The molecular formula is C28H26N4O4. The number of benzene rings is 3. The summed E-state index contributed by atoms with van der Waals surface area (Å²) in [4.78, 5) is 23.8. The lowest BCUT2D eigenvalue weighted by Gasteiger charge is -2.09. The Hall–Kier alpha value is -4.85. The van der Waals surface area contributed by atoms with Gasteiger partial charge in [-0.15, -0.1) is 0 Å². The summed E-state index contributed by atoms with van der Waals surface area (Å²) in [7, 11) is 3.17. The highest BCUT2D eigenvalue weighted by Crippen LogP contribution is 2.33. The Bertz CT molecular complexity index is 1390. The number of aromatic nitrogens is 2. The summed E-state index contributed by atoms with van der Waals surface area (Å²) < 4.78 is 12.6. The maximum absolute atomic E-state index is 12.6. The molecule has 0 saturated heterocycles. The van der Waals surface area contributed by atoms with Gasteiger partial charge in [-0.05, 0) is 60.7 Å². The van der Waals surface area contributed by atoms with Gasteiger partial charge >= 0.3 is 0 Å². The molecule has 1 heterocycles. The topological polar surface area (TPSA) is 94.5 Å². The van der Waals surface area contributed by atoms with E-state index in [9.17, 15) is 9.59 Å². The number of anilines is 2. The molecule has 0 saturated carbocycles. The Morgan fingerprint density at radius 2 is 1.53 bits per heavy atom. The molecule has 4 aromatic rings. The number of carbonyl (C=O) groups is 2. The maximum atomic E-state index is 12.6. The van der Waals surface area contributed by atoms with Gasteiger partial charge in [0.2, 0.25) is 11.8 Å². The molecule has 2 amide bonds. The summed E-state index contributed by atoms with van der Waals surface area (Å²) in [6.45, 7) is 1.44. The minimum absolute atomic E-state index is 0.156. The SMILES string of the molecule is COc1ccc(-c2nn(-c3ccccc3)cc2C=CC(=O)Nc2ccc(NC(C)=O)cc2)cc1OC. The fourth-order valence-electron chi connectivity index (χ4n) is 3.62. The van der Waals surface area contributed by atoms with E-state index in [-0.39, 0.29) is 11.8 Å². The van der Waals surface area contributed by atoms with Crippen LogP contribution in [0.15, 0.2) is 85.1 Å². The first kappa shape index (κ1) is 24.3. The monoisotopic (exact) mass is 482 g/mol. The average molecular weight is 483 g/mol. The van der Waals surface area contributed by atoms with Crippen LogP contribution < -0.4 is 20.1 Å². The van der Waals surface area contributed by atoms with Gasteiger partial charge in [0.15, 0.2) is 11.5 Å². The van der Waals surface area contributed by atoms with Crippen LogP contribution in [0.3, 0.4) is 0 Å². The first-order chi connectivity index (χ1) is 17.5. The zero-order valence-corrected chi connectivity index (χ0v) is 20.2. The first-order valence-electron chi connectivity index (χ1n) is 11.2. The number of rotatable bonds is 8. The van der Waals surface area contributed by atoms with Gasteiger partial charge in [0.1, 0.15) is 5.69 Å². The van der Waals surface area contributed by atoms with Crippen LogP contribution in [0.2, 0.25) is 0 Å². The molecule has 0 radical (unpaired) electrons. The molecule has 8 heteroatoms. The summed E-state index contributed by atoms with van der Waals surface area (Å²) in [6.07, 6.45) is 5.05. The third-order valence-corrected chi connectivity index (χ3v) is 5.31. The second-order valence-electron chi connectivity index (χ2n) is 7.86. The van der Waals surface area contributed by atoms with E-state index < -0.39 is 0 Å². The largest absolute Gasteiger partial charge is 0.493 e. The van der Waals surface area contributed by atoms with E-state index in [0.717, 1.165) is 16.8 Å². The fourth-order valence-corrected chi connectivity index (χ4v) is 3.62. The third-order valence-electron chi connectivity index (χ3n) is 5.31. The van der Waals surface area contributed by atoms with Gasteiger partial charge in [0.05, 0.1) is 19.9 Å². The Morgan fingerprint density at radius 1 is 0.861 bits per heavy atom. The molecule has 0 aliphatic carbocycles. The summed E-state index contributed by atoms with van der Waals surface area (Å²) in [5.74, 6) is 0.744. The molecule has 0 unspecified atom stereocenters. The van der Waals surface area contributed by atoms with Crippen LogP contribution in [0.5, 0.6) is 11.5 Å². The van der Waals surface area contributed by atoms with Crippen LogP contribution in [-0.4, -0.2) is 35.8 Å². The minimum atomic E-state index is -0.298. The van der Waals surface area contributed by atoms with Crippen LogP contribution in [0.25, 0.3) is 23.0 Å². The number of para-hydroxylation sites is 1. The molecule has 1 aromatic heterocycles. The molecule has 0 fully saturated rings. The van der Waals surface area contributed by atoms with Crippen molar-refractivity contribution in [3.8, 4) is 28.4 Å². The van der Waals surface area contributed by atoms with Crippen LogP contribution in [0.4, 0.5) is 11.4 Å². The van der Waals surface area contributed by atoms with Gasteiger partial charge in [-0.3, -0.25) is 9.59 Å². The Morgan fingerprint density at radius 3 is 2.17 bits per heavy atom. The standard InChI is InChI=1S/C28H26N4O4/c1-19(33)29-22-11-13-23(14-12-22)30-27(34)16-10-21-18-32(24-7-5-4-6-8-24)31-28(21)20-9-15-25(35-2)26(17-20)36-3/h4-18H,1-3H3,(H,29,33)(H,30,34). The molecule has 0 spiro atoms. The first-order valence-corrected chi connectivity index (χ1v) is 11.2. The number of hydrogen-bond donors (Lipinski definition) is 2. The number of hydrogen-bond acceptors (Lipinski definition) is 5. The average Bonchev–Trinajstić information content (AvgIpc) is 3.33. The van der Waals surface area contributed by atoms with E-state index in [1.807, 2.05) is 54.7 Å². The van der Waals surface area contributed by atoms with Crippen molar-refractivity contribution >= 4 is 29.3 Å². The van der Waals surface area contributed by atoms with Gasteiger partial charge in [-0.2, -0.15) is 5.10 Å². The molecule has 4 rings (SSSR count). The van der Waals surface area contributed by atoms with E-state index in [0.29, 0.717) is 28.6 Å². The van der Waals surface area contributed by atoms with Gasteiger partial charge in [-0.25, -0.2) is 4.68 Å². The Balaban J connectivity index is 1.61. The predicted octanol–water partition coefficient (Wildman–Crippen LogP) is 5.17. The predicted molar refractivity (Wildman–Crippen MR) is 141 cm³/mol. The number of amides is 2. The molecule has 3 aromatic carbocycles. The highest BCUT2D eigenvalue weighted by Gasteiger charge is 2.14. The molecular weight excluding hydrogens is 456 g/mol. The molecule has 36 heavy (non-hydrogen) atoms. The molecule has 0 atom stereocenters. The minimum Gasteiger partial charge on any atom is -0.493 e. The van der Waals surface area contributed by atoms with Crippen LogP contribution in [0, 0.1) is 0 Å². The zero-order valence-electron chi connectivity index (χ0n) is 20.2. The second kappa shape index (κ2) is 11.1. The van der Waals surface area contributed by atoms with E-state index in [2.05, 4.69) is 10.6 Å². The number of nitrogens with one attached hydrogen (secondary N) is 2. The molecule has 0 aliphatic rings. The lowest BCUT2D eigenvalue weighted by Crippen LogP contribution is -2.08. The number of nitrogens with zero attached hydrogens (tertiary/aromatic N) is 2. The van der Waals surface area contributed by atoms with Crippen LogP contribution in [0.1, 0.15) is 12.5 Å². The number of methoxy groups -OCH3 is 2. The number of carbonyl (C=O) groups excluding carboxylic acids is 2. The maximum Gasteiger partial charge on any atom is 0.248 e. The zero-order chi connectivity index (χ0) is 25.5. The molecule has 182 valence electrons. The summed E-state index contributed by atoms with van der Waals surface area (Å²) >= 11 is 0. The van der Waals surface area contributed by atoms with Crippen molar-refractivity contribution in [3.05, 3.63) is 90.6 Å². The Kier molecular flexibility index (Phi) is 7.45. The molecule has 0 bridgehead atoms. The van der Waals surface area contributed by atoms with Crippen molar-refractivity contribution in [1.82, 2.24) is 9.78 Å². The molecule has 8 nitrogen and oxygen atoms in total. The van der Waals surface area contributed by atoms with Crippen molar-refractivity contribution in [3.63, 3.8) is 0 Å². The lowest BCUT2D eigenvalue weighted by atomic mass is 10.1. The molecule has 0 aliphatic heterocycles. The quantitative estimate of drug-likeness (QED) is 0.338. The van der Waals surface area contributed by atoms with Gasteiger partial charge in [0, 0.05) is 41.7 Å². The van der Waals surface area contributed by atoms with E-state index in [1.165, 1.54) is 13.0 Å². The third kappa shape index (κ3) is 5.79. The summed E-state index contributed by atoms with van der Waals surface area (Å²) in [5.41, 5.74) is 4.41. The summed E-state index contributed by atoms with van der Waals surface area (Å²) in [6, 6.07) is 22.2. The van der Waals surface area contributed by atoms with E-state index >= 15 is 0 Å². The highest BCUT2D eigenvalue weighted by molar-refractivity contribution is 6.02. The van der Waals surface area contributed by atoms with Crippen molar-refractivity contribution in [2.24, 2.45) is 0 Å². The molecule has 2 N–H and O–H groups in total. The van der Waals surface area contributed by atoms with Gasteiger partial charge in [-0.1, -0.05) is 18.2 Å². The van der Waals surface area contributed by atoms with Crippen molar-refractivity contribution in [1.29, 1.82) is 0 Å². The van der Waals surface area contributed by atoms with Crippen LogP contribution in [-0.2, 0) is 9.59 Å². The van der Waals surface area contributed by atoms with Crippen molar-refractivity contribution in [2.45, 2.75) is 6.92 Å². The van der Waals surface area contributed by atoms with Crippen LogP contribution >= 0.6 is 0 Å². The van der Waals surface area contributed by atoms with E-state index in [4.69, 9.17) is 14.6 Å². The van der Waals surface area contributed by atoms with Crippen molar-refractivity contribution in [2.75, 3.05) is 24.9 Å². The smallest absolute Gasteiger partial charge is 0.248 e. The lowest BCUT2D eigenvalue weighted by molar-refractivity contribution is -0.114. The van der Waals surface area contributed by atoms with E-state index in [1.54, 1.807) is 49.2 Å². The normalized spacial score (nSPS) is 10.8. The highest BCUT2D eigenvalue weighted by atomic mass is 16.5. The number of ether oxygens (including phenoxy) is 2. The van der Waals surface area contributed by atoms with Gasteiger partial charge < -0.3 is 20.1 Å².